The zero-order chi connectivity index (χ0) is 11.5. The van der Waals surface area contributed by atoms with Gasteiger partial charge in [0.05, 0.1) is 0 Å². The van der Waals surface area contributed by atoms with Gasteiger partial charge < -0.3 is 10.6 Å². The molecule has 2 aliphatic rings. The topological polar surface area (TPSA) is 32.5 Å². The smallest absolute Gasteiger partial charge is 0.0115 e. The SMILES string of the molecule is CCN(C)CCN1C2CCCC1CC(N)C2. The van der Waals surface area contributed by atoms with Crippen LogP contribution in [0.1, 0.15) is 39.0 Å². The molecule has 2 fully saturated rings. The van der Waals surface area contributed by atoms with Gasteiger partial charge in [0.1, 0.15) is 0 Å². The van der Waals surface area contributed by atoms with Crippen molar-refractivity contribution in [2.45, 2.75) is 57.2 Å². The molecule has 2 unspecified atom stereocenters. The largest absolute Gasteiger partial charge is 0.328 e. The summed E-state index contributed by atoms with van der Waals surface area (Å²) in [5, 5.41) is 0. The summed E-state index contributed by atoms with van der Waals surface area (Å²) in [4.78, 5) is 5.16. The highest BCUT2D eigenvalue weighted by atomic mass is 15.2. The maximum Gasteiger partial charge on any atom is 0.0115 e. The molecule has 0 spiro atoms. The normalized spacial score (nSPS) is 35.6. The van der Waals surface area contributed by atoms with E-state index in [4.69, 9.17) is 5.73 Å². The van der Waals surface area contributed by atoms with Crippen molar-refractivity contribution in [2.75, 3.05) is 26.7 Å². The van der Waals surface area contributed by atoms with E-state index in [1.807, 2.05) is 0 Å². The highest BCUT2D eigenvalue weighted by Gasteiger charge is 2.36. The van der Waals surface area contributed by atoms with E-state index in [0.717, 1.165) is 18.6 Å². The Labute approximate surface area is 100.0 Å². The van der Waals surface area contributed by atoms with Crippen molar-refractivity contribution in [1.82, 2.24) is 9.80 Å². The van der Waals surface area contributed by atoms with Crippen LogP contribution in [0.15, 0.2) is 0 Å². The fraction of sp³-hybridized carbons (Fsp3) is 1.00. The number of hydrogen-bond acceptors (Lipinski definition) is 3. The van der Waals surface area contributed by atoms with Gasteiger partial charge in [-0.1, -0.05) is 13.3 Å². The van der Waals surface area contributed by atoms with Crippen LogP contribution in [0.3, 0.4) is 0 Å². The third kappa shape index (κ3) is 2.76. The van der Waals surface area contributed by atoms with Crippen LogP contribution in [0.5, 0.6) is 0 Å². The molecule has 2 bridgehead atoms. The quantitative estimate of drug-likeness (QED) is 0.782. The zero-order valence-corrected chi connectivity index (χ0v) is 10.9. The molecular weight excluding hydrogens is 198 g/mol. The summed E-state index contributed by atoms with van der Waals surface area (Å²) in [6.07, 6.45) is 6.63. The highest BCUT2D eigenvalue weighted by Crippen LogP contribution is 2.32. The molecule has 2 heterocycles. The fourth-order valence-electron chi connectivity index (χ4n) is 3.33. The lowest BCUT2D eigenvalue weighted by atomic mass is 9.82. The summed E-state index contributed by atoms with van der Waals surface area (Å²) in [5.74, 6) is 0. The lowest BCUT2D eigenvalue weighted by Crippen LogP contribution is -2.56. The number of likely N-dealkylation sites (N-methyl/N-ethyl adjacent to an activating group) is 1. The van der Waals surface area contributed by atoms with Crippen LogP contribution in [-0.4, -0.2) is 54.6 Å². The van der Waals surface area contributed by atoms with Crippen molar-refractivity contribution >= 4 is 0 Å². The minimum Gasteiger partial charge on any atom is -0.328 e. The fourth-order valence-corrected chi connectivity index (χ4v) is 3.33. The lowest BCUT2D eigenvalue weighted by molar-refractivity contribution is 0.0259. The van der Waals surface area contributed by atoms with Crippen LogP contribution in [0, 0.1) is 0 Å². The zero-order valence-electron chi connectivity index (χ0n) is 10.9. The molecule has 3 heteroatoms. The third-order valence-electron chi connectivity index (χ3n) is 4.44. The van der Waals surface area contributed by atoms with E-state index < -0.39 is 0 Å². The van der Waals surface area contributed by atoms with Gasteiger partial charge in [0.25, 0.3) is 0 Å². The molecule has 16 heavy (non-hydrogen) atoms. The maximum atomic E-state index is 6.13. The minimum absolute atomic E-state index is 0.468. The maximum absolute atomic E-state index is 6.13. The Morgan fingerprint density at radius 2 is 1.88 bits per heavy atom. The molecule has 94 valence electrons. The minimum atomic E-state index is 0.468. The number of piperidine rings is 2. The molecule has 2 rings (SSSR count). The summed E-state index contributed by atoms with van der Waals surface area (Å²) in [7, 11) is 2.21. The molecule has 2 atom stereocenters. The van der Waals surface area contributed by atoms with Crippen molar-refractivity contribution in [3.63, 3.8) is 0 Å². The first-order valence-corrected chi connectivity index (χ1v) is 6.90. The molecule has 0 saturated carbocycles. The van der Waals surface area contributed by atoms with Gasteiger partial charge in [0.15, 0.2) is 0 Å². The molecule has 0 aromatic carbocycles. The molecular formula is C13H27N3. The van der Waals surface area contributed by atoms with Crippen LogP contribution in [0.25, 0.3) is 0 Å². The Morgan fingerprint density at radius 1 is 1.25 bits per heavy atom. The van der Waals surface area contributed by atoms with E-state index in [-0.39, 0.29) is 0 Å². The third-order valence-corrected chi connectivity index (χ3v) is 4.44. The molecule has 0 aromatic heterocycles. The van der Waals surface area contributed by atoms with Crippen LogP contribution in [-0.2, 0) is 0 Å². The first-order valence-electron chi connectivity index (χ1n) is 6.90. The Morgan fingerprint density at radius 3 is 2.44 bits per heavy atom. The standard InChI is InChI=1S/C13H27N3/c1-3-15(2)7-8-16-12-5-4-6-13(16)10-11(14)9-12/h11-13H,3-10,14H2,1-2H3. The Kier molecular flexibility index (Phi) is 4.22. The van der Waals surface area contributed by atoms with Gasteiger partial charge in [-0.15, -0.1) is 0 Å². The summed E-state index contributed by atoms with van der Waals surface area (Å²) in [6.45, 7) is 5.83. The van der Waals surface area contributed by atoms with Crippen molar-refractivity contribution in [2.24, 2.45) is 5.73 Å². The summed E-state index contributed by atoms with van der Waals surface area (Å²) < 4.78 is 0. The van der Waals surface area contributed by atoms with E-state index in [1.165, 1.54) is 45.2 Å². The monoisotopic (exact) mass is 225 g/mol. The van der Waals surface area contributed by atoms with Crippen LogP contribution in [0.2, 0.25) is 0 Å². The molecule has 0 aromatic rings. The van der Waals surface area contributed by atoms with E-state index in [9.17, 15) is 0 Å². The summed E-state index contributed by atoms with van der Waals surface area (Å²) in [5.41, 5.74) is 6.13. The summed E-state index contributed by atoms with van der Waals surface area (Å²) in [6, 6.07) is 2.04. The van der Waals surface area contributed by atoms with Crippen LogP contribution >= 0.6 is 0 Å². The Hall–Kier alpha value is -0.120. The van der Waals surface area contributed by atoms with Crippen LogP contribution in [0.4, 0.5) is 0 Å². The molecule has 2 N–H and O–H groups in total. The highest BCUT2D eigenvalue weighted by molar-refractivity contribution is 4.93. The summed E-state index contributed by atoms with van der Waals surface area (Å²) >= 11 is 0. The van der Waals surface area contributed by atoms with E-state index in [2.05, 4.69) is 23.8 Å². The van der Waals surface area contributed by atoms with Crippen LogP contribution < -0.4 is 5.73 Å². The second kappa shape index (κ2) is 5.48. The number of rotatable bonds is 4. The number of hydrogen-bond donors (Lipinski definition) is 1. The van der Waals surface area contributed by atoms with Gasteiger partial charge >= 0.3 is 0 Å². The molecule has 2 aliphatic heterocycles. The average Bonchev–Trinajstić information content (AvgIpc) is 2.25. The number of fused-ring (bicyclic) bond motifs is 2. The van der Waals surface area contributed by atoms with Gasteiger partial charge in [0.2, 0.25) is 0 Å². The van der Waals surface area contributed by atoms with Gasteiger partial charge in [-0.3, -0.25) is 4.90 Å². The van der Waals surface area contributed by atoms with Gasteiger partial charge in [-0.25, -0.2) is 0 Å². The van der Waals surface area contributed by atoms with E-state index >= 15 is 0 Å². The second-order valence-corrected chi connectivity index (χ2v) is 5.60. The van der Waals surface area contributed by atoms with Crippen molar-refractivity contribution in [3.8, 4) is 0 Å². The predicted molar refractivity (Wildman–Crippen MR) is 68.5 cm³/mol. The Bertz CT molecular complexity index is 205. The van der Waals surface area contributed by atoms with Gasteiger partial charge in [-0.05, 0) is 39.3 Å². The van der Waals surface area contributed by atoms with Gasteiger partial charge in [0, 0.05) is 31.2 Å². The molecule has 0 aliphatic carbocycles. The number of nitrogens with zero attached hydrogens (tertiary/aromatic N) is 2. The van der Waals surface area contributed by atoms with Gasteiger partial charge in [-0.2, -0.15) is 0 Å². The Balaban J connectivity index is 1.88. The van der Waals surface area contributed by atoms with E-state index in [1.54, 1.807) is 0 Å². The van der Waals surface area contributed by atoms with Crippen molar-refractivity contribution < 1.29 is 0 Å². The van der Waals surface area contributed by atoms with Crippen molar-refractivity contribution in [3.05, 3.63) is 0 Å². The van der Waals surface area contributed by atoms with Crippen molar-refractivity contribution in [1.29, 1.82) is 0 Å². The molecule has 3 nitrogen and oxygen atoms in total. The first-order chi connectivity index (χ1) is 7.70. The molecule has 0 radical (unpaired) electrons. The van der Waals surface area contributed by atoms with E-state index in [0.29, 0.717) is 6.04 Å². The molecule has 2 saturated heterocycles. The second-order valence-electron chi connectivity index (χ2n) is 5.60. The first kappa shape index (κ1) is 12.3. The predicted octanol–water partition coefficient (Wildman–Crippen LogP) is 1.28. The number of nitrogens with two attached hydrogens (primary N) is 1. The lowest BCUT2D eigenvalue weighted by Gasteiger charge is -2.48. The average molecular weight is 225 g/mol. The molecule has 0 amide bonds.